The maximum atomic E-state index is 10.9. The molecule has 1 unspecified atom stereocenters. The highest BCUT2D eigenvalue weighted by Crippen LogP contribution is 2.24. The number of carbonyl (C=O) groups excluding carboxylic acids is 1. The quantitative estimate of drug-likeness (QED) is 0.118. The van der Waals surface area contributed by atoms with E-state index in [9.17, 15) is 9.90 Å². The molecule has 0 radical (unpaired) electrons. The zero-order valence-corrected chi connectivity index (χ0v) is 18.2. The fourth-order valence-corrected chi connectivity index (χ4v) is 3.46. The van der Waals surface area contributed by atoms with Crippen LogP contribution in [0.3, 0.4) is 0 Å². The van der Waals surface area contributed by atoms with Crippen molar-refractivity contribution in [3.63, 3.8) is 0 Å². The average molecular weight is 436 g/mol. The summed E-state index contributed by atoms with van der Waals surface area (Å²) >= 11 is 0. The summed E-state index contributed by atoms with van der Waals surface area (Å²) in [5.74, 6) is 5.42. The lowest BCUT2D eigenvalue weighted by molar-refractivity contribution is -0.118. The van der Waals surface area contributed by atoms with Crippen molar-refractivity contribution >= 4 is 11.6 Å². The molecule has 1 aliphatic rings. The van der Waals surface area contributed by atoms with Crippen LogP contribution in [0.1, 0.15) is 30.9 Å². The van der Waals surface area contributed by atoms with Gasteiger partial charge in [0, 0.05) is 69.7 Å². The number of primary amides is 1. The Labute approximate surface area is 184 Å². The summed E-state index contributed by atoms with van der Waals surface area (Å²) in [4.78, 5) is 15.6. The van der Waals surface area contributed by atoms with Gasteiger partial charge in [-0.15, -0.1) is 0 Å². The molecule has 0 aliphatic carbocycles. The molecule has 1 aromatic carbocycles. The van der Waals surface area contributed by atoms with Gasteiger partial charge in [-0.1, -0.05) is 12.1 Å². The number of ether oxygens (including phenoxy) is 1. The van der Waals surface area contributed by atoms with Gasteiger partial charge in [-0.05, 0) is 24.1 Å². The number of amides is 1. The van der Waals surface area contributed by atoms with E-state index < -0.39 is 12.0 Å². The van der Waals surface area contributed by atoms with E-state index in [0.29, 0.717) is 25.3 Å². The van der Waals surface area contributed by atoms with Crippen LogP contribution in [-0.4, -0.2) is 73.5 Å². The van der Waals surface area contributed by atoms with E-state index in [1.54, 1.807) is 6.20 Å². The van der Waals surface area contributed by atoms with Gasteiger partial charge in [-0.3, -0.25) is 14.7 Å². The topological polar surface area (TPSA) is 160 Å². The Morgan fingerprint density at radius 1 is 1.23 bits per heavy atom. The maximum absolute atomic E-state index is 10.9. The van der Waals surface area contributed by atoms with Crippen LogP contribution in [0.25, 0.3) is 0 Å². The molecule has 174 valence electrons. The van der Waals surface area contributed by atoms with Gasteiger partial charge in [0.05, 0.1) is 12.7 Å². The number of hydrazine groups is 1. The molecule has 31 heavy (non-hydrogen) atoms. The van der Waals surface area contributed by atoms with Crippen molar-refractivity contribution in [1.29, 1.82) is 0 Å². The Hall–Kier alpha value is -2.37. The third kappa shape index (κ3) is 9.11. The zero-order valence-electron chi connectivity index (χ0n) is 18.2. The number of aliphatic hydroxyl groups excluding tert-OH is 1. The first-order valence-electron chi connectivity index (χ1n) is 10.7. The molecule has 1 saturated heterocycles. The van der Waals surface area contributed by atoms with E-state index in [2.05, 4.69) is 9.80 Å². The third-order valence-corrected chi connectivity index (χ3v) is 5.21. The smallest absolute Gasteiger partial charge is 0.217 e. The van der Waals surface area contributed by atoms with Gasteiger partial charge in [0.2, 0.25) is 5.91 Å². The van der Waals surface area contributed by atoms with E-state index in [1.165, 1.54) is 5.01 Å². The summed E-state index contributed by atoms with van der Waals surface area (Å²) in [5, 5.41) is 11.7. The number of rotatable bonds is 13. The third-order valence-electron chi connectivity index (χ3n) is 5.21. The SMILES string of the molecule is NCCOCN(N)/C=C(\N)CCN1CCN(c2cccc(C(O)CCC(N)=O)c2)CC1. The number of benzene rings is 1. The summed E-state index contributed by atoms with van der Waals surface area (Å²) in [7, 11) is 0. The highest BCUT2D eigenvalue weighted by molar-refractivity contribution is 5.73. The Kier molecular flexibility index (Phi) is 10.5. The second kappa shape index (κ2) is 13.1. The Bertz CT molecular complexity index is 708. The number of carbonyl (C=O) groups is 1. The second-order valence-corrected chi connectivity index (χ2v) is 7.74. The van der Waals surface area contributed by atoms with Crippen molar-refractivity contribution in [2.24, 2.45) is 23.0 Å². The van der Waals surface area contributed by atoms with Crippen LogP contribution in [0.15, 0.2) is 36.2 Å². The summed E-state index contributed by atoms with van der Waals surface area (Å²) in [6.07, 6.45) is 2.24. The number of piperazine rings is 1. The van der Waals surface area contributed by atoms with Gasteiger partial charge in [-0.2, -0.15) is 0 Å². The van der Waals surface area contributed by atoms with Gasteiger partial charge < -0.3 is 31.9 Å². The maximum Gasteiger partial charge on any atom is 0.217 e. The fraction of sp³-hybridized carbons (Fsp3) is 0.571. The van der Waals surface area contributed by atoms with Crippen molar-refractivity contribution in [2.75, 3.05) is 57.5 Å². The summed E-state index contributed by atoms with van der Waals surface area (Å²) in [5.41, 5.74) is 19.2. The number of anilines is 1. The van der Waals surface area contributed by atoms with Gasteiger partial charge >= 0.3 is 0 Å². The van der Waals surface area contributed by atoms with E-state index >= 15 is 0 Å². The second-order valence-electron chi connectivity index (χ2n) is 7.74. The van der Waals surface area contributed by atoms with Gasteiger partial charge in [-0.25, -0.2) is 5.84 Å². The largest absolute Gasteiger partial charge is 0.401 e. The number of aliphatic hydroxyl groups is 1. The molecular formula is C21H37N7O3. The normalized spacial score (nSPS) is 16.4. The van der Waals surface area contributed by atoms with Gasteiger partial charge in [0.15, 0.2) is 0 Å². The van der Waals surface area contributed by atoms with E-state index in [1.807, 2.05) is 24.3 Å². The minimum atomic E-state index is -0.689. The molecule has 1 atom stereocenters. The molecule has 1 heterocycles. The molecule has 1 fully saturated rings. The standard InChI is InChI=1S/C21H37N7O3/c22-7-13-31-16-28(25)15-18(23)6-8-26-9-11-27(12-10-26)19-3-1-2-17(14-19)20(29)4-5-21(24)30/h1-3,14-15,20,29H,4-13,16,22-23,25H2,(H2,24,30)/b18-15-. The van der Waals surface area contributed by atoms with E-state index in [-0.39, 0.29) is 13.2 Å². The first kappa shape index (κ1) is 24.9. The molecule has 10 nitrogen and oxygen atoms in total. The number of nitrogens with two attached hydrogens (primary N) is 4. The molecule has 10 heteroatoms. The lowest BCUT2D eigenvalue weighted by Crippen LogP contribution is -2.46. The van der Waals surface area contributed by atoms with Crippen molar-refractivity contribution in [3.8, 4) is 0 Å². The van der Waals surface area contributed by atoms with Crippen LogP contribution in [0.4, 0.5) is 5.69 Å². The van der Waals surface area contributed by atoms with Crippen LogP contribution in [0, 0.1) is 0 Å². The average Bonchev–Trinajstić information content (AvgIpc) is 2.76. The van der Waals surface area contributed by atoms with Crippen LogP contribution in [-0.2, 0) is 9.53 Å². The molecule has 0 spiro atoms. The predicted molar refractivity (Wildman–Crippen MR) is 121 cm³/mol. The Morgan fingerprint density at radius 3 is 2.65 bits per heavy atom. The molecule has 1 aromatic rings. The number of hydrogen-bond donors (Lipinski definition) is 5. The molecule has 0 aromatic heterocycles. The monoisotopic (exact) mass is 435 g/mol. The predicted octanol–water partition coefficient (Wildman–Crippen LogP) is -0.594. The minimum absolute atomic E-state index is 0.171. The van der Waals surface area contributed by atoms with Crippen LogP contribution in [0.2, 0.25) is 0 Å². The number of nitrogens with zero attached hydrogens (tertiary/aromatic N) is 3. The zero-order chi connectivity index (χ0) is 22.6. The van der Waals surface area contributed by atoms with Crippen LogP contribution in [0.5, 0.6) is 0 Å². The highest BCUT2D eigenvalue weighted by atomic mass is 16.5. The van der Waals surface area contributed by atoms with Crippen LogP contribution < -0.4 is 27.9 Å². The minimum Gasteiger partial charge on any atom is -0.401 e. The summed E-state index contributed by atoms with van der Waals surface area (Å²) in [6, 6.07) is 7.85. The van der Waals surface area contributed by atoms with Gasteiger partial charge in [0.25, 0.3) is 0 Å². The molecule has 0 saturated carbocycles. The van der Waals surface area contributed by atoms with Gasteiger partial charge in [0.1, 0.15) is 6.73 Å². The van der Waals surface area contributed by atoms with Crippen molar-refractivity contribution in [1.82, 2.24) is 9.91 Å². The molecule has 9 N–H and O–H groups in total. The fourth-order valence-electron chi connectivity index (χ4n) is 3.46. The van der Waals surface area contributed by atoms with Crippen molar-refractivity contribution in [3.05, 3.63) is 41.7 Å². The molecule has 0 bridgehead atoms. The molecule has 1 amide bonds. The van der Waals surface area contributed by atoms with Crippen molar-refractivity contribution in [2.45, 2.75) is 25.4 Å². The van der Waals surface area contributed by atoms with Crippen molar-refractivity contribution < 1.29 is 14.6 Å². The number of hydrogen-bond acceptors (Lipinski definition) is 9. The van der Waals surface area contributed by atoms with E-state index in [0.717, 1.165) is 50.4 Å². The molecule has 2 rings (SSSR count). The summed E-state index contributed by atoms with van der Waals surface area (Å²) in [6.45, 7) is 5.66. The molecular weight excluding hydrogens is 398 g/mol. The lowest BCUT2D eigenvalue weighted by Gasteiger charge is -2.36. The Balaban J connectivity index is 1.77. The lowest BCUT2D eigenvalue weighted by atomic mass is 10.0. The first-order chi connectivity index (χ1) is 14.9. The van der Waals surface area contributed by atoms with E-state index in [4.69, 9.17) is 27.8 Å². The Morgan fingerprint density at radius 2 is 1.97 bits per heavy atom. The summed E-state index contributed by atoms with van der Waals surface area (Å²) < 4.78 is 5.26. The molecule has 1 aliphatic heterocycles. The van der Waals surface area contributed by atoms with Crippen LogP contribution >= 0.6 is 0 Å². The highest BCUT2D eigenvalue weighted by Gasteiger charge is 2.18. The first-order valence-corrected chi connectivity index (χ1v) is 10.7.